The number of carbonyl (C=O) groups is 2. The van der Waals surface area contributed by atoms with E-state index in [1.54, 1.807) is 24.3 Å². The van der Waals surface area contributed by atoms with Crippen LogP contribution in [0.25, 0.3) is 0 Å². The number of nitrogens with one attached hydrogen (secondary N) is 1. The standard InChI is InChI=1S/C15H18N2O3S2/c1-10(2)20-12-5-3-11(4-6-12)14(19)16-7-8-17-13(18)9-22-15(17)21/h3-6,10H,7-9H2,1-2H3,(H,16,19). The second kappa shape index (κ2) is 7.60. The van der Waals surface area contributed by atoms with Gasteiger partial charge in [-0.25, -0.2) is 0 Å². The van der Waals surface area contributed by atoms with E-state index >= 15 is 0 Å². The van der Waals surface area contributed by atoms with Crippen LogP contribution in [0.1, 0.15) is 24.2 Å². The molecular weight excluding hydrogens is 320 g/mol. The summed E-state index contributed by atoms with van der Waals surface area (Å²) in [6.07, 6.45) is 0.0967. The van der Waals surface area contributed by atoms with E-state index in [0.717, 1.165) is 5.75 Å². The second-order valence-electron chi connectivity index (χ2n) is 5.05. The molecule has 0 unspecified atom stereocenters. The topological polar surface area (TPSA) is 58.6 Å². The molecule has 1 N–H and O–H groups in total. The number of ether oxygens (including phenoxy) is 1. The fraction of sp³-hybridized carbons (Fsp3) is 0.400. The molecule has 0 radical (unpaired) electrons. The van der Waals surface area contributed by atoms with Gasteiger partial charge in [0.15, 0.2) is 0 Å². The van der Waals surface area contributed by atoms with E-state index in [1.165, 1.54) is 16.7 Å². The zero-order chi connectivity index (χ0) is 16.1. The first-order valence-corrected chi connectivity index (χ1v) is 8.39. The predicted octanol–water partition coefficient (Wildman–Crippen LogP) is 2.06. The van der Waals surface area contributed by atoms with Crippen LogP contribution >= 0.6 is 24.0 Å². The van der Waals surface area contributed by atoms with Crippen molar-refractivity contribution < 1.29 is 14.3 Å². The molecule has 118 valence electrons. The maximum atomic E-state index is 12.0. The normalized spacial score (nSPS) is 14.6. The SMILES string of the molecule is CC(C)Oc1ccc(C(=O)NCCN2C(=O)CSC2=S)cc1. The lowest BCUT2D eigenvalue weighted by molar-refractivity contribution is -0.123. The van der Waals surface area contributed by atoms with E-state index < -0.39 is 0 Å². The monoisotopic (exact) mass is 338 g/mol. The minimum Gasteiger partial charge on any atom is -0.491 e. The number of thiocarbonyl (C=S) groups is 1. The zero-order valence-corrected chi connectivity index (χ0v) is 14.1. The molecule has 5 nitrogen and oxygen atoms in total. The molecule has 0 aromatic heterocycles. The molecule has 1 fully saturated rings. The molecule has 2 rings (SSSR count). The minimum atomic E-state index is -0.179. The molecular formula is C15H18N2O3S2. The predicted molar refractivity (Wildman–Crippen MR) is 91.3 cm³/mol. The van der Waals surface area contributed by atoms with Crippen LogP contribution in [0.2, 0.25) is 0 Å². The van der Waals surface area contributed by atoms with Gasteiger partial charge in [-0.05, 0) is 38.1 Å². The van der Waals surface area contributed by atoms with E-state index in [2.05, 4.69) is 5.32 Å². The Hall–Kier alpha value is -1.60. The molecule has 0 aliphatic carbocycles. The smallest absolute Gasteiger partial charge is 0.251 e. The molecule has 0 saturated carbocycles. The minimum absolute atomic E-state index is 0.000522. The Morgan fingerprint density at radius 3 is 2.64 bits per heavy atom. The Balaban J connectivity index is 1.82. The van der Waals surface area contributed by atoms with Crippen LogP contribution in [0, 0.1) is 0 Å². The Labute approximate surface area is 139 Å². The summed E-state index contributed by atoms with van der Waals surface area (Å²) >= 11 is 6.44. The van der Waals surface area contributed by atoms with Crippen LogP contribution in [-0.2, 0) is 4.79 Å². The Morgan fingerprint density at radius 1 is 1.41 bits per heavy atom. The van der Waals surface area contributed by atoms with Gasteiger partial charge in [0.2, 0.25) is 5.91 Å². The van der Waals surface area contributed by atoms with Crippen LogP contribution in [0.4, 0.5) is 0 Å². The number of benzene rings is 1. The van der Waals surface area contributed by atoms with Crippen molar-refractivity contribution in [3.63, 3.8) is 0 Å². The highest BCUT2D eigenvalue weighted by atomic mass is 32.2. The van der Waals surface area contributed by atoms with Crippen molar-refractivity contribution in [3.8, 4) is 5.75 Å². The van der Waals surface area contributed by atoms with Crippen molar-refractivity contribution in [1.29, 1.82) is 0 Å². The van der Waals surface area contributed by atoms with Crippen molar-refractivity contribution in [2.45, 2.75) is 20.0 Å². The average Bonchev–Trinajstić information content (AvgIpc) is 2.79. The number of rotatable bonds is 6. The number of carbonyl (C=O) groups excluding carboxylic acids is 2. The molecule has 0 spiro atoms. The summed E-state index contributed by atoms with van der Waals surface area (Å²) in [5.74, 6) is 0.946. The third kappa shape index (κ3) is 4.45. The van der Waals surface area contributed by atoms with Crippen molar-refractivity contribution in [2.75, 3.05) is 18.8 Å². The Bertz CT molecular complexity index is 557. The third-order valence-electron chi connectivity index (χ3n) is 2.95. The summed E-state index contributed by atoms with van der Waals surface area (Å²) < 4.78 is 6.11. The van der Waals surface area contributed by atoms with Crippen LogP contribution in [-0.4, -0.2) is 46.0 Å². The molecule has 2 amide bonds. The maximum Gasteiger partial charge on any atom is 0.251 e. The van der Waals surface area contributed by atoms with Gasteiger partial charge in [-0.1, -0.05) is 24.0 Å². The molecule has 7 heteroatoms. The molecule has 1 heterocycles. The average molecular weight is 338 g/mol. The fourth-order valence-electron chi connectivity index (χ4n) is 1.94. The van der Waals surface area contributed by atoms with E-state index in [9.17, 15) is 9.59 Å². The first kappa shape index (κ1) is 16.8. The van der Waals surface area contributed by atoms with Crippen LogP contribution in [0.5, 0.6) is 5.75 Å². The first-order chi connectivity index (χ1) is 10.5. The van der Waals surface area contributed by atoms with Gasteiger partial charge in [0.25, 0.3) is 5.91 Å². The highest BCUT2D eigenvalue weighted by molar-refractivity contribution is 8.23. The first-order valence-electron chi connectivity index (χ1n) is 6.99. The van der Waals surface area contributed by atoms with Gasteiger partial charge in [0.1, 0.15) is 10.1 Å². The quantitative estimate of drug-likeness (QED) is 0.805. The fourth-order valence-corrected chi connectivity index (χ4v) is 3.06. The van der Waals surface area contributed by atoms with Crippen LogP contribution in [0.3, 0.4) is 0 Å². The van der Waals surface area contributed by atoms with E-state index in [-0.39, 0.29) is 17.9 Å². The number of hydrogen-bond donors (Lipinski definition) is 1. The summed E-state index contributed by atoms with van der Waals surface area (Å²) in [6, 6.07) is 6.97. The highest BCUT2D eigenvalue weighted by Crippen LogP contribution is 2.18. The zero-order valence-electron chi connectivity index (χ0n) is 12.5. The van der Waals surface area contributed by atoms with Gasteiger partial charge in [0, 0.05) is 18.7 Å². The van der Waals surface area contributed by atoms with E-state index in [0.29, 0.717) is 28.7 Å². The number of amides is 2. The van der Waals surface area contributed by atoms with Crippen molar-refractivity contribution in [3.05, 3.63) is 29.8 Å². The Kier molecular flexibility index (Phi) is 5.79. The van der Waals surface area contributed by atoms with E-state index in [1.807, 2.05) is 13.8 Å². The molecule has 0 bridgehead atoms. The van der Waals surface area contributed by atoms with Crippen molar-refractivity contribution in [1.82, 2.24) is 10.2 Å². The summed E-state index contributed by atoms with van der Waals surface area (Å²) in [6.45, 7) is 4.67. The molecule has 1 aromatic carbocycles. The van der Waals surface area contributed by atoms with E-state index in [4.69, 9.17) is 17.0 Å². The van der Waals surface area contributed by atoms with Gasteiger partial charge in [-0.15, -0.1) is 0 Å². The lowest BCUT2D eigenvalue weighted by atomic mass is 10.2. The van der Waals surface area contributed by atoms with Crippen LogP contribution in [0.15, 0.2) is 24.3 Å². The lowest BCUT2D eigenvalue weighted by Crippen LogP contribution is -2.37. The molecule has 22 heavy (non-hydrogen) atoms. The Morgan fingerprint density at radius 2 is 2.09 bits per heavy atom. The van der Waals surface area contributed by atoms with Gasteiger partial charge < -0.3 is 10.1 Å². The summed E-state index contributed by atoms with van der Waals surface area (Å²) in [5, 5.41) is 2.78. The largest absolute Gasteiger partial charge is 0.491 e. The molecule has 1 aliphatic rings. The number of nitrogens with zero attached hydrogens (tertiary/aromatic N) is 1. The van der Waals surface area contributed by atoms with Crippen LogP contribution < -0.4 is 10.1 Å². The number of thioether (sulfide) groups is 1. The molecule has 1 aliphatic heterocycles. The molecule has 0 atom stereocenters. The second-order valence-corrected chi connectivity index (χ2v) is 6.66. The van der Waals surface area contributed by atoms with Gasteiger partial charge in [0.05, 0.1) is 11.9 Å². The highest BCUT2D eigenvalue weighted by Gasteiger charge is 2.25. The number of hydrogen-bond acceptors (Lipinski definition) is 5. The summed E-state index contributed by atoms with van der Waals surface area (Å²) in [4.78, 5) is 25.1. The molecule has 1 aromatic rings. The van der Waals surface area contributed by atoms with Gasteiger partial charge >= 0.3 is 0 Å². The summed E-state index contributed by atoms with van der Waals surface area (Å²) in [7, 11) is 0. The maximum absolute atomic E-state index is 12.0. The van der Waals surface area contributed by atoms with Crippen molar-refractivity contribution in [2.24, 2.45) is 0 Å². The third-order valence-corrected chi connectivity index (χ3v) is 4.38. The van der Waals surface area contributed by atoms with Gasteiger partial charge in [-0.2, -0.15) is 0 Å². The lowest BCUT2D eigenvalue weighted by Gasteiger charge is -2.15. The van der Waals surface area contributed by atoms with Gasteiger partial charge in [-0.3, -0.25) is 14.5 Å². The molecule has 1 saturated heterocycles. The summed E-state index contributed by atoms with van der Waals surface area (Å²) in [5.41, 5.74) is 0.556. The van der Waals surface area contributed by atoms with Crippen molar-refractivity contribution >= 4 is 40.1 Å².